The van der Waals surface area contributed by atoms with Crippen LogP contribution in [0.25, 0.3) is 11.3 Å². The predicted octanol–water partition coefficient (Wildman–Crippen LogP) is 2.71. The van der Waals surface area contributed by atoms with Gasteiger partial charge in [0.1, 0.15) is 11.5 Å². The SMILES string of the molecule is CS(=O)(=O)N1CCC(CNCc2ccc(-c3ccccc3)o2)CC1. The largest absolute Gasteiger partial charge is 0.460 e. The first-order valence-electron chi connectivity index (χ1n) is 8.32. The van der Waals surface area contributed by atoms with Crippen LogP contribution in [0.2, 0.25) is 0 Å². The van der Waals surface area contributed by atoms with Crippen molar-refractivity contribution in [2.45, 2.75) is 19.4 Å². The minimum atomic E-state index is -3.04. The molecule has 0 spiro atoms. The van der Waals surface area contributed by atoms with E-state index in [4.69, 9.17) is 4.42 Å². The molecule has 1 N–H and O–H groups in total. The molecular formula is C18H24N2O3S. The second kappa shape index (κ2) is 7.51. The van der Waals surface area contributed by atoms with Crippen molar-refractivity contribution in [3.05, 3.63) is 48.2 Å². The van der Waals surface area contributed by atoms with Gasteiger partial charge < -0.3 is 9.73 Å². The zero-order valence-corrected chi connectivity index (χ0v) is 14.8. The lowest BCUT2D eigenvalue weighted by Gasteiger charge is -2.30. The first kappa shape index (κ1) is 17.2. The van der Waals surface area contributed by atoms with Crippen molar-refractivity contribution < 1.29 is 12.8 Å². The molecule has 24 heavy (non-hydrogen) atoms. The molecule has 1 aliphatic rings. The van der Waals surface area contributed by atoms with Gasteiger partial charge in [0, 0.05) is 18.7 Å². The Balaban J connectivity index is 1.44. The zero-order chi connectivity index (χ0) is 17.0. The third-order valence-corrected chi connectivity index (χ3v) is 5.80. The molecule has 0 aliphatic carbocycles. The number of hydrogen-bond acceptors (Lipinski definition) is 4. The van der Waals surface area contributed by atoms with Crippen molar-refractivity contribution >= 4 is 10.0 Å². The highest BCUT2D eigenvalue weighted by Crippen LogP contribution is 2.22. The maximum Gasteiger partial charge on any atom is 0.211 e. The predicted molar refractivity (Wildman–Crippen MR) is 95.0 cm³/mol. The van der Waals surface area contributed by atoms with Gasteiger partial charge in [0.15, 0.2) is 0 Å². The van der Waals surface area contributed by atoms with Crippen LogP contribution < -0.4 is 5.32 Å². The van der Waals surface area contributed by atoms with Crippen LogP contribution in [-0.2, 0) is 16.6 Å². The number of hydrogen-bond donors (Lipinski definition) is 1. The highest BCUT2D eigenvalue weighted by molar-refractivity contribution is 7.88. The number of nitrogens with one attached hydrogen (secondary N) is 1. The molecule has 0 atom stereocenters. The van der Waals surface area contributed by atoms with E-state index in [1.807, 2.05) is 42.5 Å². The second-order valence-electron chi connectivity index (χ2n) is 6.37. The normalized spacial score (nSPS) is 17.2. The molecule has 6 heteroatoms. The van der Waals surface area contributed by atoms with Gasteiger partial charge in [-0.2, -0.15) is 0 Å². The highest BCUT2D eigenvalue weighted by Gasteiger charge is 2.24. The lowest BCUT2D eigenvalue weighted by Crippen LogP contribution is -2.40. The van der Waals surface area contributed by atoms with Crippen LogP contribution in [0.4, 0.5) is 0 Å². The maximum atomic E-state index is 11.5. The van der Waals surface area contributed by atoms with E-state index in [0.717, 1.165) is 36.5 Å². The standard InChI is InChI=1S/C18H24N2O3S/c1-24(21,22)20-11-9-15(10-12-20)13-19-14-17-7-8-18(23-17)16-5-3-2-4-6-16/h2-8,15,19H,9-14H2,1H3. The van der Waals surface area contributed by atoms with Crippen molar-refractivity contribution in [3.63, 3.8) is 0 Å². The topological polar surface area (TPSA) is 62.6 Å². The number of furan rings is 1. The number of piperidine rings is 1. The summed E-state index contributed by atoms with van der Waals surface area (Å²) in [6.45, 7) is 2.84. The fraction of sp³-hybridized carbons (Fsp3) is 0.444. The van der Waals surface area contributed by atoms with Crippen molar-refractivity contribution in [1.29, 1.82) is 0 Å². The fourth-order valence-corrected chi connectivity index (χ4v) is 3.95. The van der Waals surface area contributed by atoms with Gasteiger partial charge in [-0.05, 0) is 37.4 Å². The van der Waals surface area contributed by atoms with Gasteiger partial charge in [0.2, 0.25) is 10.0 Å². The van der Waals surface area contributed by atoms with E-state index in [1.54, 1.807) is 4.31 Å². The first-order chi connectivity index (χ1) is 11.5. The summed E-state index contributed by atoms with van der Waals surface area (Å²) < 4.78 is 30.5. The Kier molecular flexibility index (Phi) is 5.38. The number of sulfonamides is 1. The molecule has 1 fully saturated rings. The lowest BCUT2D eigenvalue weighted by atomic mass is 9.98. The van der Waals surface area contributed by atoms with Crippen LogP contribution in [-0.4, -0.2) is 38.6 Å². The van der Waals surface area contributed by atoms with Crippen LogP contribution >= 0.6 is 0 Å². The molecule has 1 aliphatic heterocycles. The lowest BCUT2D eigenvalue weighted by molar-refractivity contribution is 0.267. The minimum Gasteiger partial charge on any atom is -0.460 e. The molecule has 0 saturated carbocycles. The smallest absolute Gasteiger partial charge is 0.211 e. The van der Waals surface area contributed by atoms with Crippen LogP contribution in [0.5, 0.6) is 0 Å². The van der Waals surface area contributed by atoms with Crippen molar-refractivity contribution in [1.82, 2.24) is 9.62 Å². The molecule has 1 saturated heterocycles. The summed E-state index contributed by atoms with van der Waals surface area (Å²) in [5.74, 6) is 2.32. The zero-order valence-electron chi connectivity index (χ0n) is 13.9. The fourth-order valence-electron chi connectivity index (χ4n) is 3.08. The van der Waals surface area contributed by atoms with E-state index in [-0.39, 0.29) is 0 Å². The Labute approximate surface area is 143 Å². The molecule has 130 valence electrons. The van der Waals surface area contributed by atoms with Gasteiger partial charge in [-0.25, -0.2) is 12.7 Å². The number of rotatable bonds is 6. The van der Waals surface area contributed by atoms with Gasteiger partial charge >= 0.3 is 0 Å². The Morgan fingerprint density at radius 2 is 1.83 bits per heavy atom. The molecule has 1 aromatic heterocycles. The van der Waals surface area contributed by atoms with E-state index in [0.29, 0.717) is 25.6 Å². The summed E-state index contributed by atoms with van der Waals surface area (Å²) in [7, 11) is -3.04. The van der Waals surface area contributed by atoms with E-state index >= 15 is 0 Å². The van der Waals surface area contributed by atoms with Gasteiger partial charge in [-0.1, -0.05) is 30.3 Å². The van der Waals surface area contributed by atoms with Gasteiger partial charge in [0.05, 0.1) is 12.8 Å². The van der Waals surface area contributed by atoms with Crippen molar-refractivity contribution in [2.75, 3.05) is 25.9 Å². The van der Waals surface area contributed by atoms with E-state index in [2.05, 4.69) is 5.32 Å². The summed E-state index contributed by atoms with van der Waals surface area (Å²) >= 11 is 0. The second-order valence-corrected chi connectivity index (χ2v) is 8.35. The molecule has 0 amide bonds. The number of nitrogens with zero attached hydrogens (tertiary/aromatic N) is 1. The maximum absolute atomic E-state index is 11.5. The Morgan fingerprint density at radius 1 is 1.12 bits per heavy atom. The van der Waals surface area contributed by atoms with Crippen LogP contribution in [0.15, 0.2) is 46.9 Å². The molecular weight excluding hydrogens is 324 g/mol. The molecule has 2 heterocycles. The molecule has 2 aromatic rings. The van der Waals surface area contributed by atoms with Crippen molar-refractivity contribution in [2.24, 2.45) is 5.92 Å². The first-order valence-corrected chi connectivity index (χ1v) is 10.2. The van der Waals surface area contributed by atoms with Crippen LogP contribution in [0.1, 0.15) is 18.6 Å². The van der Waals surface area contributed by atoms with Gasteiger partial charge in [-0.15, -0.1) is 0 Å². The third-order valence-electron chi connectivity index (χ3n) is 4.49. The Hall–Kier alpha value is -1.63. The van der Waals surface area contributed by atoms with Crippen molar-refractivity contribution in [3.8, 4) is 11.3 Å². The van der Waals surface area contributed by atoms with Gasteiger partial charge in [-0.3, -0.25) is 0 Å². The molecule has 1 aromatic carbocycles. The molecule has 5 nitrogen and oxygen atoms in total. The quantitative estimate of drug-likeness (QED) is 0.872. The van der Waals surface area contributed by atoms with E-state index in [9.17, 15) is 8.42 Å². The summed E-state index contributed by atoms with van der Waals surface area (Å²) in [5.41, 5.74) is 1.08. The summed E-state index contributed by atoms with van der Waals surface area (Å²) in [4.78, 5) is 0. The highest BCUT2D eigenvalue weighted by atomic mass is 32.2. The Morgan fingerprint density at radius 3 is 2.50 bits per heavy atom. The van der Waals surface area contributed by atoms with Crippen LogP contribution in [0.3, 0.4) is 0 Å². The number of benzene rings is 1. The Bertz CT molecular complexity index is 748. The monoisotopic (exact) mass is 348 g/mol. The minimum absolute atomic E-state index is 0.520. The summed E-state index contributed by atoms with van der Waals surface area (Å²) in [6.07, 6.45) is 3.10. The molecule has 0 unspecified atom stereocenters. The van der Waals surface area contributed by atoms with E-state index < -0.39 is 10.0 Å². The molecule has 0 radical (unpaired) electrons. The average Bonchev–Trinajstić information content (AvgIpc) is 3.04. The van der Waals surface area contributed by atoms with Crippen LogP contribution in [0, 0.1) is 5.92 Å². The third kappa shape index (κ3) is 4.47. The summed E-state index contributed by atoms with van der Waals surface area (Å²) in [5, 5.41) is 3.43. The van der Waals surface area contributed by atoms with E-state index in [1.165, 1.54) is 6.26 Å². The summed E-state index contributed by atoms with van der Waals surface area (Å²) in [6, 6.07) is 14.1. The van der Waals surface area contributed by atoms with Gasteiger partial charge in [0.25, 0.3) is 0 Å². The molecule has 3 rings (SSSR count). The average molecular weight is 348 g/mol. The molecule has 0 bridgehead atoms.